The first-order chi connectivity index (χ1) is 10.1. The van der Waals surface area contributed by atoms with Gasteiger partial charge in [-0.05, 0) is 23.3 Å². The lowest BCUT2D eigenvalue weighted by molar-refractivity contribution is -0.142. The fourth-order valence-corrected chi connectivity index (χ4v) is 2.29. The molecule has 0 aromatic heterocycles. The average molecular weight is 303 g/mol. The highest BCUT2D eigenvalue weighted by Crippen LogP contribution is 2.33. The molecule has 2 aromatic carbocycles. The summed E-state index contributed by atoms with van der Waals surface area (Å²) in [5.41, 5.74) is 2.55. The van der Waals surface area contributed by atoms with Gasteiger partial charge in [0.2, 0.25) is 5.76 Å². The molecule has 0 spiro atoms. The molecule has 106 valence electrons. The number of hydrogen-bond donors (Lipinski definition) is 2. The van der Waals surface area contributed by atoms with Gasteiger partial charge in [-0.25, -0.2) is 4.79 Å². The molecular formula is C16H11ClO4. The van der Waals surface area contributed by atoms with E-state index in [-0.39, 0.29) is 0 Å². The van der Waals surface area contributed by atoms with Gasteiger partial charge < -0.3 is 14.9 Å². The molecule has 5 heteroatoms. The van der Waals surface area contributed by atoms with Gasteiger partial charge in [-0.15, -0.1) is 0 Å². The van der Waals surface area contributed by atoms with E-state index in [1.54, 1.807) is 24.3 Å². The number of carbonyl (C=O) groups is 1. The van der Waals surface area contributed by atoms with Crippen molar-refractivity contribution in [2.24, 2.45) is 0 Å². The Labute approximate surface area is 125 Å². The second-order valence-corrected chi connectivity index (χ2v) is 5.08. The zero-order chi connectivity index (χ0) is 15.0. The van der Waals surface area contributed by atoms with Crippen LogP contribution in [0.3, 0.4) is 0 Å². The van der Waals surface area contributed by atoms with Crippen molar-refractivity contribution in [1.82, 2.24) is 0 Å². The molecule has 0 unspecified atom stereocenters. The van der Waals surface area contributed by atoms with E-state index in [2.05, 4.69) is 0 Å². The molecule has 0 radical (unpaired) electrons. The van der Waals surface area contributed by atoms with E-state index in [0.29, 0.717) is 10.6 Å². The molecule has 0 fully saturated rings. The van der Waals surface area contributed by atoms with Crippen molar-refractivity contribution < 1.29 is 19.7 Å². The van der Waals surface area contributed by atoms with Crippen LogP contribution in [0.4, 0.5) is 0 Å². The molecule has 0 aliphatic carbocycles. The maximum atomic E-state index is 11.2. The number of cyclic esters (lactones) is 1. The van der Waals surface area contributed by atoms with Crippen molar-refractivity contribution >= 4 is 17.6 Å². The largest absolute Gasteiger partial charge is 0.505 e. The number of ether oxygens (including phenoxy) is 1. The monoisotopic (exact) mass is 302 g/mol. The zero-order valence-corrected chi connectivity index (χ0v) is 11.5. The van der Waals surface area contributed by atoms with Crippen LogP contribution in [0.5, 0.6) is 0 Å². The average Bonchev–Trinajstić information content (AvgIpc) is 2.76. The second-order valence-electron chi connectivity index (χ2n) is 4.65. The Morgan fingerprint density at radius 1 is 0.905 bits per heavy atom. The molecule has 3 rings (SSSR count). The maximum Gasteiger partial charge on any atom is 0.378 e. The minimum atomic E-state index is -0.947. The van der Waals surface area contributed by atoms with Crippen LogP contribution in [-0.4, -0.2) is 16.2 Å². The van der Waals surface area contributed by atoms with E-state index in [9.17, 15) is 15.0 Å². The molecule has 21 heavy (non-hydrogen) atoms. The lowest BCUT2D eigenvalue weighted by Crippen LogP contribution is -2.03. The zero-order valence-electron chi connectivity index (χ0n) is 10.8. The lowest BCUT2D eigenvalue weighted by atomic mass is 10.0. The highest BCUT2D eigenvalue weighted by molar-refractivity contribution is 6.30. The molecule has 1 atom stereocenters. The van der Waals surface area contributed by atoms with Crippen LogP contribution in [-0.2, 0) is 9.53 Å². The van der Waals surface area contributed by atoms with Gasteiger partial charge in [0.1, 0.15) is 0 Å². The molecule has 0 amide bonds. The molecule has 0 saturated carbocycles. The van der Waals surface area contributed by atoms with Gasteiger partial charge in [-0.1, -0.05) is 48.0 Å². The van der Waals surface area contributed by atoms with Crippen LogP contribution in [0.25, 0.3) is 11.1 Å². The fourth-order valence-electron chi connectivity index (χ4n) is 2.17. The van der Waals surface area contributed by atoms with Crippen LogP contribution in [0.1, 0.15) is 11.7 Å². The van der Waals surface area contributed by atoms with Crippen LogP contribution >= 0.6 is 11.6 Å². The van der Waals surface area contributed by atoms with Crippen LogP contribution in [0, 0.1) is 0 Å². The van der Waals surface area contributed by atoms with E-state index < -0.39 is 23.6 Å². The molecule has 1 aliphatic rings. The Hall–Kier alpha value is -2.46. The van der Waals surface area contributed by atoms with Crippen LogP contribution in [0.2, 0.25) is 5.02 Å². The minimum absolute atomic E-state index is 0.459. The van der Waals surface area contributed by atoms with Gasteiger partial charge in [-0.3, -0.25) is 0 Å². The van der Waals surface area contributed by atoms with Crippen LogP contribution in [0.15, 0.2) is 60.0 Å². The van der Waals surface area contributed by atoms with Crippen molar-refractivity contribution in [3.63, 3.8) is 0 Å². The van der Waals surface area contributed by atoms with E-state index in [4.69, 9.17) is 16.3 Å². The fraction of sp³-hybridized carbons (Fsp3) is 0.0625. The SMILES string of the molecule is O=C1O[C@H](c2ccc(-c3ccc(Cl)cc3)cc2)C(O)=C1O. The van der Waals surface area contributed by atoms with Gasteiger partial charge in [-0.2, -0.15) is 0 Å². The summed E-state index contributed by atoms with van der Waals surface area (Å²) in [6.45, 7) is 0. The molecule has 0 saturated heterocycles. The second kappa shape index (κ2) is 5.14. The van der Waals surface area contributed by atoms with Crippen molar-refractivity contribution in [2.45, 2.75) is 6.10 Å². The highest BCUT2D eigenvalue weighted by Gasteiger charge is 2.35. The lowest BCUT2D eigenvalue weighted by Gasteiger charge is -2.11. The summed E-state index contributed by atoms with van der Waals surface area (Å²) in [7, 11) is 0. The van der Waals surface area contributed by atoms with Gasteiger partial charge in [0, 0.05) is 10.6 Å². The highest BCUT2D eigenvalue weighted by atomic mass is 35.5. The molecule has 2 N–H and O–H groups in total. The summed E-state index contributed by atoms with van der Waals surface area (Å²) in [5, 5.41) is 19.6. The van der Waals surface area contributed by atoms with Gasteiger partial charge >= 0.3 is 5.97 Å². The van der Waals surface area contributed by atoms with Crippen LogP contribution < -0.4 is 0 Å². The molecule has 1 aliphatic heterocycles. The topological polar surface area (TPSA) is 66.8 Å². The standard InChI is InChI=1S/C16H11ClO4/c17-12-7-5-10(6-8-12)9-1-3-11(4-2-9)15-13(18)14(19)16(20)21-15/h1-8,15,18-19H/t15-/m1/s1. The maximum absolute atomic E-state index is 11.2. The minimum Gasteiger partial charge on any atom is -0.505 e. The van der Waals surface area contributed by atoms with Crippen molar-refractivity contribution in [3.05, 3.63) is 70.6 Å². The Bertz CT molecular complexity index is 717. The number of esters is 1. The molecule has 4 nitrogen and oxygen atoms in total. The molecule has 1 heterocycles. The number of aliphatic hydroxyl groups excluding tert-OH is 2. The number of halogens is 1. The summed E-state index contributed by atoms with van der Waals surface area (Å²) in [6, 6.07) is 14.6. The number of carbonyl (C=O) groups excluding carboxylic acids is 1. The number of benzene rings is 2. The predicted molar refractivity (Wildman–Crippen MR) is 78.0 cm³/mol. The smallest absolute Gasteiger partial charge is 0.378 e. The third-order valence-corrected chi connectivity index (χ3v) is 3.55. The third-order valence-electron chi connectivity index (χ3n) is 3.30. The molecule has 0 bridgehead atoms. The van der Waals surface area contributed by atoms with Gasteiger partial charge in [0.25, 0.3) is 0 Å². The Kier molecular flexibility index (Phi) is 3.31. The quantitative estimate of drug-likeness (QED) is 0.825. The van der Waals surface area contributed by atoms with E-state index in [0.717, 1.165) is 11.1 Å². The summed E-state index contributed by atoms with van der Waals surface area (Å²) >= 11 is 5.85. The van der Waals surface area contributed by atoms with E-state index in [1.165, 1.54) is 0 Å². The summed E-state index contributed by atoms with van der Waals surface area (Å²) in [5.74, 6) is -2.11. The number of aliphatic hydroxyl groups is 2. The van der Waals surface area contributed by atoms with Gasteiger partial charge in [0.15, 0.2) is 11.9 Å². The van der Waals surface area contributed by atoms with Crippen molar-refractivity contribution in [3.8, 4) is 11.1 Å². The van der Waals surface area contributed by atoms with Crippen molar-refractivity contribution in [2.75, 3.05) is 0 Å². The first-order valence-corrected chi connectivity index (χ1v) is 6.63. The first-order valence-electron chi connectivity index (χ1n) is 6.25. The number of hydrogen-bond acceptors (Lipinski definition) is 4. The first kappa shape index (κ1) is 13.5. The normalized spacial score (nSPS) is 18.0. The Morgan fingerprint density at radius 3 is 1.90 bits per heavy atom. The number of rotatable bonds is 2. The summed E-state index contributed by atoms with van der Waals surface area (Å²) < 4.78 is 4.90. The molecular weight excluding hydrogens is 292 g/mol. The van der Waals surface area contributed by atoms with E-state index in [1.807, 2.05) is 24.3 Å². The summed E-state index contributed by atoms with van der Waals surface area (Å²) in [4.78, 5) is 11.2. The Balaban J connectivity index is 1.88. The predicted octanol–water partition coefficient (Wildman–Crippen LogP) is 3.93. The van der Waals surface area contributed by atoms with Crippen molar-refractivity contribution in [1.29, 1.82) is 0 Å². The molecule has 2 aromatic rings. The summed E-state index contributed by atoms with van der Waals surface area (Å²) in [6.07, 6.45) is -0.947. The van der Waals surface area contributed by atoms with Gasteiger partial charge in [0.05, 0.1) is 0 Å². The third kappa shape index (κ3) is 2.45. The Morgan fingerprint density at radius 2 is 1.43 bits per heavy atom. The van der Waals surface area contributed by atoms with E-state index >= 15 is 0 Å².